The van der Waals surface area contributed by atoms with E-state index in [0.29, 0.717) is 6.04 Å². The van der Waals surface area contributed by atoms with Crippen LogP contribution in [0.25, 0.3) is 0 Å². The van der Waals surface area contributed by atoms with Crippen LogP contribution in [0.15, 0.2) is 24.3 Å². The second kappa shape index (κ2) is 7.06. The maximum absolute atomic E-state index is 3.47. The van der Waals surface area contributed by atoms with E-state index in [9.17, 15) is 0 Å². The second-order valence-corrected chi connectivity index (χ2v) is 5.73. The Morgan fingerprint density at radius 1 is 1.21 bits per heavy atom. The van der Waals surface area contributed by atoms with Crippen LogP contribution in [0.4, 0.5) is 0 Å². The van der Waals surface area contributed by atoms with Crippen molar-refractivity contribution in [1.82, 2.24) is 10.2 Å². The van der Waals surface area contributed by atoms with Crippen molar-refractivity contribution in [3.05, 3.63) is 35.4 Å². The van der Waals surface area contributed by atoms with Crippen LogP contribution < -0.4 is 5.32 Å². The molecule has 1 unspecified atom stereocenters. The summed E-state index contributed by atoms with van der Waals surface area (Å²) in [6.45, 7) is 8.03. The number of aryl methyl sites for hydroxylation is 1. The third-order valence-corrected chi connectivity index (χ3v) is 4.24. The van der Waals surface area contributed by atoms with E-state index in [1.807, 2.05) is 0 Å². The first-order valence-electron chi connectivity index (χ1n) is 7.75. The van der Waals surface area contributed by atoms with Gasteiger partial charge >= 0.3 is 0 Å². The standard InChI is InChI=1S/C17H28N2/c1-4-14-8-10-16(11-9-14)17(18-3)13-19(5-2)12-15-6-7-15/h8-11,15,17-18H,4-7,12-13H2,1-3H3. The van der Waals surface area contributed by atoms with Gasteiger partial charge in [-0.15, -0.1) is 0 Å². The van der Waals surface area contributed by atoms with Gasteiger partial charge in [0.25, 0.3) is 0 Å². The van der Waals surface area contributed by atoms with Crippen LogP contribution in [0, 0.1) is 5.92 Å². The Bertz CT molecular complexity index is 367. The predicted octanol–water partition coefficient (Wildman–Crippen LogP) is 3.24. The minimum atomic E-state index is 0.449. The molecule has 2 rings (SSSR count). The number of hydrogen-bond donors (Lipinski definition) is 1. The zero-order valence-corrected chi connectivity index (χ0v) is 12.7. The number of likely N-dealkylation sites (N-methyl/N-ethyl adjacent to an activating group) is 2. The van der Waals surface area contributed by atoms with E-state index >= 15 is 0 Å². The summed E-state index contributed by atoms with van der Waals surface area (Å²) < 4.78 is 0. The highest BCUT2D eigenvalue weighted by Gasteiger charge is 2.24. The zero-order chi connectivity index (χ0) is 13.7. The van der Waals surface area contributed by atoms with E-state index in [0.717, 1.165) is 25.4 Å². The normalized spacial score (nSPS) is 16.8. The van der Waals surface area contributed by atoms with E-state index in [-0.39, 0.29) is 0 Å². The second-order valence-electron chi connectivity index (χ2n) is 5.73. The van der Waals surface area contributed by atoms with Gasteiger partial charge in [-0.1, -0.05) is 38.1 Å². The Kier molecular flexibility index (Phi) is 5.41. The summed E-state index contributed by atoms with van der Waals surface area (Å²) >= 11 is 0. The fourth-order valence-corrected chi connectivity index (χ4v) is 2.61. The van der Waals surface area contributed by atoms with Crippen LogP contribution in [0.2, 0.25) is 0 Å². The predicted molar refractivity (Wildman–Crippen MR) is 82.5 cm³/mol. The monoisotopic (exact) mass is 260 g/mol. The van der Waals surface area contributed by atoms with Crippen LogP contribution >= 0.6 is 0 Å². The van der Waals surface area contributed by atoms with Crippen molar-refractivity contribution in [1.29, 1.82) is 0 Å². The Morgan fingerprint density at radius 3 is 2.37 bits per heavy atom. The molecule has 0 radical (unpaired) electrons. The van der Waals surface area contributed by atoms with E-state index in [4.69, 9.17) is 0 Å². The molecular weight excluding hydrogens is 232 g/mol. The van der Waals surface area contributed by atoms with E-state index in [1.54, 1.807) is 0 Å². The van der Waals surface area contributed by atoms with E-state index < -0.39 is 0 Å². The molecule has 1 aromatic carbocycles. The highest BCUT2D eigenvalue weighted by Crippen LogP contribution is 2.30. The van der Waals surface area contributed by atoms with Crippen molar-refractivity contribution in [3.8, 4) is 0 Å². The Morgan fingerprint density at radius 2 is 1.89 bits per heavy atom. The quantitative estimate of drug-likeness (QED) is 0.772. The maximum Gasteiger partial charge on any atom is 0.0446 e. The Hall–Kier alpha value is -0.860. The number of rotatable bonds is 8. The summed E-state index contributed by atoms with van der Waals surface area (Å²) in [5.41, 5.74) is 2.83. The molecule has 1 aliphatic carbocycles. The molecule has 0 saturated heterocycles. The van der Waals surface area contributed by atoms with Gasteiger partial charge < -0.3 is 10.2 Å². The van der Waals surface area contributed by atoms with E-state index in [2.05, 4.69) is 55.4 Å². The van der Waals surface area contributed by atoms with Gasteiger partial charge in [-0.3, -0.25) is 0 Å². The van der Waals surface area contributed by atoms with Gasteiger partial charge in [0, 0.05) is 19.1 Å². The summed E-state index contributed by atoms with van der Waals surface area (Å²) in [6.07, 6.45) is 3.99. The van der Waals surface area contributed by atoms with Gasteiger partial charge in [-0.25, -0.2) is 0 Å². The van der Waals surface area contributed by atoms with Crippen LogP contribution in [0.5, 0.6) is 0 Å². The smallest absolute Gasteiger partial charge is 0.0446 e. The highest BCUT2D eigenvalue weighted by atomic mass is 15.1. The highest BCUT2D eigenvalue weighted by molar-refractivity contribution is 5.25. The summed E-state index contributed by atoms with van der Waals surface area (Å²) in [7, 11) is 2.07. The van der Waals surface area contributed by atoms with Crippen molar-refractivity contribution in [3.63, 3.8) is 0 Å². The van der Waals surface area contributed by atoms with Crippen LogP contribution in [0.1, 0.15) is 43.9 Å². The first-order chi connectivity index (χ1) is 9.26. The fourth-order valence-electron chi connectivity index (χ4n) is 2.61. The van der Waals surface area contributed by atoms with Gasteiger partial charge in [0.1, 0.15) is 0 Å². The molecule has 2 nitrogen and oxygen atoms in total. The molecule has 0 aromatic heterocycles. The van der Waals surface area contributed by atoms with Gasteiger partial charge in [-0.05, 0) is 49.9 Å². The lowest BCUT2D eigenvalue weighted by molar-refractivity contribution is 0.248. The minimum Gasteiger partial charge on any atom is -0.312 e. The molecule has 0 amide bonds. The van der Waals surface area contributed by atoms with Crippen molar-refractivity contribution < 1.29 is 0 Å². The number of hydrogen-bond acceptors (Lipinski definition) is 2. The van der Waals surface area contributed by atoms with Gasteiger partial charge in [0.15, 0.2) is 0 Å². The lowest BCUT2D eigenvalue weighted by atomic mass is 10.0. The minimum absolute atomic E-state index is 0.449. The molecule has 1 saturated carbocycles. The third kappa shape index (κ3) is 4.32. The number of nitrogens with one attached hydrogen (secondary N) is 1. The molecule has 1 atom stereocenters. The molecule has 0 heterocycles. The lowest BCUT2D eigenvalue weighted by Crippen LogP contribution is -2.35. The molecule has 19 heavy (non-hydrogen) atoms. The van der Waals surface area contributed by atoms with Gasteiger partial charge in [-0.2, -0.15) is 0 Å². The first kappa shape index (κ1) is 14.5. The third-order valence-electron chi connectivity index (χ3n) is 4.24. The number of benzene rings is 1. The zero-order valence-electron chi connectivity index (χ0n) is 12.7. The largest absolute Gasteiger partial charge is 0.312 e. The molecular formula is C17H28N2. The number of nitrogens with zero attached hydrogens (tertiary/aromatic N) is 1. The van der Waals surface area contributed by atoms with Gasteiger partial charge in [0.05, 0.1) is 0 Å². The van der Waals surface area contributed by atoms with Crippen LogP contribution in [-0.2, 0) is 6.42 Å². The molecule has 0 spiro atoms. The molecule has 1 N–H and O–H groups in total. The van der Waals surface area contributed by atoms with Crippen LogP contribution in [-0.4, -0.2) is 31.6 Å². The molecule has 0 aliphatic heterocycles. The molecule has 1 aromatic rings. The summed E-state index contributed by atoms with van der Waals surface area (Å²) in [5, 5.41) is 3.47. The Balaban J connectivity index is 1.96. The molecule has 1 aliphatic rings. The average molecular weight is 260 g/mol. The summed E-state index contributed by atoms with van der Waals surface area (Å²) in [5.74, 6) is 0.972. The SMILES string of the molecule is CCc1ccc(C(CN(CC)CC2CC2)NC)cc1. The van der Waals surface area contributed by atoms with Crippen LogP contribution in [0.3, 0.4) is 0 Å². The van der Waals surface area contributed by atoms with E-state index in [1.165, 1.54) is 30.5 Å². The lowest BCUT2D eigenvalue weighted by Gasteiger charge is -2.26. The Labute approximate surface area is 118 Å². The van der Waals surface area contributed by atoms with Gasteiger partial charge in [0.2, 0.25) is 0 Å². The van der Waals surface area contributed by atoms with Crippen molar-refractivity contribution in [2.75, 3.05) is 26.7 Å². The molecule has 1 fully saturated rings. The maximum atomic E-state index is 3.47. The van der Waals surface area contributed by atoms with Crippen molar-refractivity contribution in [2.45, 2.75) is 39.2 Å². The molecule has 106 valence electrons. The van der Waals surface area contributed by atoms with Crippen molar-refractivity contribution >= 4 is 0 Å². The summed E-state index contributed by atoms with van der Waals surface area (Å²) in [6, 6.07) is 9.54. The topological polar surface area (TPSA) is 15.3 Å². The molecule has 2 heteroatoms. The first-order valence-corrected chi connectivity index (χ1v) is 7.75. The average Bonchev–Trinajstić information content (AvgIpc) is 3.27. The molecule has 0 bridgehead atoms. The fraction of sp³-hybridized carbons (Fsp3) is 0.647. The van der Waals surface area contributed by atoms with Crippen molar-refractivity contribution in [2.24, 2.45) is 5.92 Å². The summed E-state index contributed by atoms with van der Waals surface area (Å²) in [4.78, 5) is 2.59.